The van der Waals surface area contributed by atoms with Crippen molar-refractivity contribution >= 4 is 0 Å². The van der Waals surface area contributed by atoms with E-state index >= 15 is 0 Å². The van der Waals surface area contributed by atoms with Crippen molar-refractivity contribution in [3.8, 4) is 0 Å². The molecular formula is C3H9NPt. The van der Waals surface area contributed by atoms with Crippen LogP contribution in [0.4, 0.5) is 0 Å². The molecule has 0 aliphatic rings. The van der Waals surface area contributed by atoms with Crippen molar-refractivity contribution in [2.24, 2.45) is 5.73 Å². The van der Waals surface area contributed by atoms with E-state index in [0.717, 1.165) is 0 Å². The summed E-state index contributed by atoms with van der Waals surface area (Å²) in [6, 6.07) is 0.333. The largest absolute Gasteiger partial charge is 0.328 e. The molecule has 0 aliphatic heterocycles. The zero-order valence-corrected chi connectivity index (χ0v) is 5.74. The molecule has 0 saturated carbocycles. The van der Waals surface area contributed by atoms with E-state index in [9.17, 15) is 0 Å². The Hall–Kier alpha value is 0.648. The van der Waals surface area contributed by atoms with Gasteiger partial charge in [0.05, 0.1) is 0 Å². The second-order valence-corrected chi connectivity index (χ2v) is 1.24. The second-order valence-electron chi connectivity index (χ2n) is 1.24. The topological polar surface area (TPSA) is 26.0 Å². The average molecular weight is 254 g/mol. The fourth-order valence-corrected chi connectivity index (χ4v) is 0. The molecule has 1 nitrogen and oxygen atoms in total. The molecule has 0 aromatic heterocycles. The third-order valence-electron chi connectivity index (χ3n) is 0. The molecule has 0 rings (SSSR count). The van der Waals surface area contributed by atoms with E-state index in [2.05, 4.69) is 0 Å². The van der Waals surface area contributed by atoms with Crippen LogP contribution in [0.25, 0.3) is 0 Å². The summed E-state index contributed by atoms with van der Waals surface area (Å²) in [5, 5.41) is 0. The molecule has 0 unspecified atom stereocenters. The zero-order chi connectivity index (χ0) is 3.58. The molecule has 0 spiro atoms. The predicted molar refractivity (Wildman–Crippen MR) is 19.3 cm³/mol. The van der Waals surface area contributed by atoms with Gasteiger partial charge in [0.1, 0.15) is 0 Å². The number of rotatable bonds is 0. The smallest absolute Gasteiger partial charge is 0 e. The van der Waals surface area contributed by atoms with Gasteiger partial charge in [-0.2, -0.15) is 0 Å². The minimum absolute atomic E-state index is 0. The normalized spacial score (nSPS) is 7.20. The summed E-state index contributed by atoms with van der Waals surface area (Å²) in [7, 11) is 0. The van der Waals surface area contributed by atoms with Crippen LogP contribution < -0.4 is 5.73 Å². The minimum atomic E-state index is 0. The maximum atomic E-state index is 5.11. The summed E-state index contributed by atoms with van der Waals surface area (Å²) in [6.07, 6.45) is 0. The van der Waals surface area contributed by atoms with Crippen LogP contribution in [0, 0.1) is 0 Å². The summed E-state index contributed by atoms with van der Waals surface area (Å²) >= 11 is 0. The first-order chi connectivity index (χ1) is 1.73. The monoisotopic (exact) mass is 254 g/mol. The van der Waals surface area contributed by atoms with Crippen LogP contribution in [0.3, 0.4) is 0 Å². The first-order valence-electron chi connectivity index (χ1n) is 1.49. The van der Waals surface area contributed by atoms with Crippen LogP contribution in [-0.4, -0.2) is 6.04 Å². The van der Waals surface area contributed by atoms with Crippen molar-refractivity contribution in [3.63, 3.8) is 0 Å². The van der Waals surface area contributed by atoms with Crippen LogP contribution in [0.5, 0.6) is 0 Å². The second kappa shape index (κ2) is 4.65. The molecule has 0 aliphatic carbocycles. The first-order valence-corrected chi connectivity index (χ1v) is 1.49. The van der Waals surface area contributed by atoms with Gasteiger partial charge in [0.15, 0.2) is 0 Å². The van der Waals surface area contributed by atoms with Gasteiger partial charge in [-0.3, -0.25) is 0 Å². The fraction of sp³-hybridized carbons (Fsp3) is 1.00. The molecule has 0 aromatic carbocycles. The Morgan fingerprint density at radius 2 is 1.40 bits per heavy atom. The maximum absolute atomic E-state index is 5.11. The van der Waals surface area contributed by atoms with E-state index in [4.69, 9.17) is 5.73 Å². The van der Waals surface area contributed by atoms with E-state index in [1.54, 1.807) is 0 Å². The Bertz CT molecular complexity index is 11.6. The Morgan fingerprint density at radius 1 is 1.40 bits per heavy atom. The Labute approximate surface area is 47.2 Å². The molecular weight excluding hydrogens is 245 g/mol. The molecule has 0 fully saturated rings. The van der Waals surface area contributed by atoms with Crippen LogP contribution in [0.1, 0.15) is 13.8 Å². The Balaban J connectivity index is 0. The van der Waals surface area contributed by atoms with Crippen LogP contribution in [0.2, 0.25) is 0 Å². The molecule has 2 heteroatoms. The SMILES string of the molecule is CC(C)N.[Pt]. The molecule has 36 valence electrons. The molecule has 0 amide bonds. The molecule has 0 radical (unpaired) electrons. The molecule has 2 N–H and O–H groups in total. The zero-order valence-electron chi connectivity index (χ0n) is 3.47. The predicted octanol–water partition coefficient (Wildman–Crippen LogP) is 0.351. The molecule has 0 bridgehead atoms. The van der Waals surface area contributed by atoms with Crippen LogP contribution >= 0.6 is 0 Å². The maximum Gasteiger partial charge on any atom is 0 e. The van der Waals surface area contributed by atoms with Crippen LogP contribution in [0.15, 0.2) is 0 Å². The van der Waals surface area contributed by atoms with Gasteiger partial charge in [-0.05, 0) is 6.04 Å². The van der Waals surface area contributed by atoms with E-state index in [0.29, 0.717) is 6.04 Å². The third kappa shape index (κ3) is 77.6. The van der Waals surface area contributed by atoms with Gasteiger partial charge < -0.3 is 5.73 Å². The van der Waals surface area contributed by atoms with Crippen LogP contribution in [-0.2, 0) is 21.1 Å². The summed E-state index contributed by atoms with van der Waals surface area (Å²) in [4.78, 5) is 0. The quantitative estimate of drug-likeness (QED) is 0.663. The van der Waals surface area contributed by atoms with E-state index in [1.807, 2.05) is 13.8 Å². The standard InChI is InChI=1S/C3H9N.Pt/c1-3(2)4;/h3H,4H2,1-2H3;. The Kier molecular flexibility index (Phi) is 8.52. The summed E-state index contributed by atoms with van der Waals surface area (Å²) in [5.74, 6) is 0. The number of hydrogen-bond donors (Lipinski definition) is 1. The third-order valence-corrected chi connectivity index (χ3v) is 0. The number of nitrogens with two attached hydrogens (primary N) is 1. The fourth-order valence-electron chi connectivity index (χ4n) is 0. The minimum Gasteiger partial charge on any atom is -0.328 e. The summed E-state index contributed by atoms with van der Waals surface area (Å²) in [5.41, 5.74) is 5.11. The van der Waals surface area contributed by atoms with E-state index in [-0.39, 0.29) is 21.1 Å². The molecule has 0 aromatic rings. The van der Waals surface area contributed by atoms with Gasteiger partial charge in [-0.25, -0.2) is 0 Å². The summed E-state index contributed by atoms with van der Waals surface area (Å²) in [6.45, 7) is 3.89. The molecule has 5 heavy (non-hydrogen) atoms. The van der Waals surface area contributed by atoms with Gasteiger partial charge in [0, 0.05) is 21.1 Å². The molecule has 0 atom stereocenters. The molecule has 0 heterocycles. The van der Waals surface area contributed by atoms with Crippen molar-refractivity contribution in [1.29, 1.82) is 0 Å². The van der Waals surface area contributed by atoms with E-state index < -0.39 is 0 Å². The van der Waals surface area contributed by atoms with Crippen molar-refractivity contribution in [1.82, 2.24) is 0 Å². The van der Waals surface area contributed by atoms with Crippen molar-refractivity contribution < 1.29 is 21.1 Å². The summed E-state index contributed by atoms with van der Waals surface area (Å²) < 4.78 is 0. The van der Waals surface area contributed by atoms with Gasteiger partial charge >= 0.3 is 0 Å². The Morgan fingerprint density at radius 3 is 1.40 bits per heavy atom. The number of hydrogen-bond acceptors (Lipinski definition) is 1. The van der Waals surface area contributed by atoms with Gasteiger partial charge in [0.25, 0.3) is 0 Å². The van der Waals surface area contributed by atoms with Gasteiger partial charge in [-0.15, -0.1) is 0 Å². The van der Waals surface area contributed by atoms with Gasteiger partial charge in [-0.1, -0.05) is 13.8 Å². The van der Waals surface area contributed by atoms with Crippen molar-refractivity contribution in [2.45, 2.75) is 19.9 Å². The first kappa shape index (κ1) is 9.17. The van der Waals surface area contributed by atoms with Gasteiger partial charge in [0.2, 0.25) is 0 Å². The van der Waals surface area contributed by atoms with Crippen molar-refractivity contribution in [2.75, 3.05) is 0 Å². The average Bonchev–Trinajstić information content (AvgIpc) is 0.811. The molecule has 0 saturated heterocycles. The van der Waals surface area contributed by atoms with E-state index in [1.165, 1.54) is 0 Å². The van der Waals surface area contributed by atoms with Crippen molar-refractivity contribution in [3.05, 3.63) is 0 Å².